The molecule has 5 aliphatic carbocycles. The maximum Gasteiger partial charge on any atom is 0.302 e. The second-order valence-corrected chi connectivity index (χ2v) is 21.3. The SMILES string of the molecule is CC(=O)OC[C@@]1(C)[C@@H]2CC[C@]3(C)[C@H](CC=C4[C@@H]5CC(C)(C)[C@@H](O[C@@H]6O[C@H](CO)[C@@H](O)[C@H](O)[C@H]6O[C@@H]6O[C@H](CO)[C@@H](O)[C@H](O)[C@H]6O)C[C@]5(CO)[C@@H](O)C[C@]43C)[C@@]2(C)CC[C@@H]1O. The summed E-state index contributed by atoms with van der Waals surface area (Å²) >= 11 is 0. The molecule has 16 heteroatoms. The third-order valence-electron chi connectivity index (χ3n) is 17.9. The van der Waals surface area contributed by atoms with Gasteiger partial charge in [-0.15, -0.1) is 0 Å². The molecule has 0 amide bonds. The molecule has 0 aromatic heterocycles. The van der Waals surface area contributed by atoms with E-state index >= 15 is 0 Å². The highest BCUT2D eigenvalue weighted by molar-refractivity contribution is 5.65. The Hall–Kier alpha value is -1.35. The molecule has 16 nitrogen and oxygen atoms in total. The Morgan fingerprint density at radius 3 is 1.98 bits per heavy atom. The minimum absolute atomic E-state index is 0.113. The standard InChI is InChI=1S/C44H72O16/c1-21(48)56-20-41(5)26-10-13-42(6)27(40(26,4)12-11-28(41)49)9-8-22-23-14-39(2,3)30(16-44(23,19-47)29(50)15-43(22,42)7)59-38-36(34(54)32(52)25(18-46)58-38)60-37-35(55)33(53)31(51)24(17-45)57-37/h8,23-38,45-47,49-55H,9-20H2,1-7H3/t23-,24+,25+,26+,27+,28-,29-,30-,31+,32+,33-,34-,35+,36+,37-,38-,40-,41-,42+,43+,44+/m0/s1. The van der Waals surface area contributed by atoms with Gasteiger partial charge in [0.05, 0.1) is 44.7 Å². The van der Waals surface area contributed by atoms with Crippen LogP contribution in [0, 0.1) is 50.2 Å². The maximum absolute atomic E-state index is 12.5. The molecule has 2 aliphatic heterocycles. The molecule has 2 heterocycles. The number of ether oxygens (including phenoxy) is 5. The van der Waals surface area contributed by atoms with Gasteiger partial charge in [-0.1, -0.05) is 53.2 Å². The molecule has 21 atom stereocenters. The third-order valence-corrected chi connectivity index (χ3v) is 17.9. The van der Waals surface area contributed by atoms with Crippen LogP contribution in [0.1, 0.15) is 99.8 Å². The van der Waals surface area contributed by atoms with Crippen LogP contribution in [-0.2, 0) is 28.5 Å². The molecular weight excluding hydrogens is 784 g/mol. The Bertz CT molecular complexity index is 1610. The number of aliphatic hydroxyl groups excluding tert-OH is 10. The quantitative estimate of drug-likeness (QED) is 0.0848. The van der Waals surface area contributed by atoms with Crippen molar-refractivity contribution in [3.05, 3.63) is 11.6 Å². The van der Waals surface area contributed by atoms with E-state index in [-0.39, 0.29) is 54.2 Å². The van der Waals surface area contributed by atoms with Gasteiger partial charge in [0.1, 0.15) is 48.8 Å². The number of rotatable bonds is 9. The lowest BCUT2D eigenvalue weighted by atomic mass is 9.33. The lowest BCUT2D eigenvalue weighted by molar-refractivity contribution is -0.378. The van der Waals surface area contributed by atoms with E-state index in [1.807, 2.05) is 13.8 Å². The van der Waals surface area contributed by atoms with Gasteiger partial charge in [-0.2, -0.15) is 0 Å². The number of hydrogen-bond donors (Lipinski definition) is 10. The monoisotopic (exact) mass is 856 g/mol. The minimum Gasteiger partial charge on any atom is -0.465 e. The second-order valence-electron chi connectivity index (χ2n) is 21.3. The predicted octanol–water partition coefficient (Wildman–Crippen LogP) is 0.275. The molecule has 0 spiro atoms. The Kier molecular flexibility index (Phi) is 12.6. The Balaban J connectivity index is 1.18. The predicted molar refractivity (Wildman–Crippen MR) is 211 cm³/mol. The van der Waals surface area contributed by atoms with Gasteiger partial charge in [-0.3, -0.25) is 4.79 Å². The van der Waals surface area contributed by atoms with Gasteiger partial charge in [0.15, 0.2) is 12.6 Å². The molecule has 2 saturated heterocycles. The lowest BCUT2D eigenvalue weighted by Gasteiger charge is -2.72. The topological polar surface area (TPSA) is 266 Å². The zero-order valence-corrected chi connectivity index (χ0v) is 36.2. The molecule has 0 unspecified atom stereocenters. The van der Waals surface area contributed by atoms with Crippen LogP contribution < -0.4 is 0 Å². The van der Waals surface area contributed by atoms with E-state index in [0.29, 0.717) is 19.3 Å². The lowest BCUT2D eigenvalue weighted by Crippen LogP contribution is -2.69. The number of fused-ring (bicyclic) bond motifs is 7. The summed E-state index contributed by atoms with van der Waals surface area (Å²) < 4.78 is 29.8. The van der Waals surface area contributed by atoms with Crippen LogP contribution in [-0.4, -0.2) is 163 Å². The first-order valence-corrected chi connectivity index (χ1v) is 22.0. The summed E-state index contributed by atoms with van der Waals surface area (Å²) in [6.07, 6.45) is -10.9. The van der Waals surface area contributed by atoms with Crippen molar-refractivity contribution >= 4 is 5.97 Å². The van der Waals surface area contributed by atoms with Crippen LogP contribution in [0.4, 0.5) is 0 Å². The van der Waals surface area contributed by atoms with Crippen LogP contribution in [0.25, 0.3) is 0 Å². The number of esters is 1. The largest absolute Gasteiger partial charge is 0.465 e. The summed E-state index contributed by atoms with van der Waals surface area (Å²) in [7, 11) is 0. The van der Waals surface area contributed by atoms with Crippen molar-refractivity contribution in [1.29, 1.82) is 0 Å². The van der Waals surface area contributed by atoms with Crippen LogP contribution in [0.15, 0.2) is 11.6 Å². The molecule has 10 N–H and O–H groups in total. The first-order chi connectivity index (χ1) is 28.0. The molecule has 7 aliphatic rings. The van der Waals surface area contributed by atoms with E-state index in [0.717, 1.165) is 25.7 Å². The van der Waals surface area contributed by atoms with Crippen molar-refractivity contribution in [2.45, 2.75) is 180 Å². The molecule has 4 saturated carbocycles. The highest BCUT2D eigenvalue weighted by Gasteiger charge is 2.71. The number of allylic oxidation sites excluding steroid dienone is 2. The average molecular weight is 857 g/mol. The van der Waals surface area contributed by atoms with Crippen molar-refractivity contribution < 1.29 is 79.5 Å². The zero-order valence-electron chi connectivity index (χ0n) is 36.2. The van der Waals surface area contributed by atoms with E-state index in [9.17, 15) is 55.9 Å². The molecule has 344 valence electrons. The molecule has 0 radical (unpaired) electrons. The van der Waals surface area contributed by atoms with E-state index in [1.54, 1.807) is 0 Å². The second kappa shape index (κ2) is 16.3. The highest BCUT2D eigenvalue weighted by Crippen LogP contribution is 2.76. The van der Waals surface area contributed by atoms with Gasteiger partial charge in [0.2, 0.25) is 0 Å². The van der Waals surface area contributed by atoms with Gasteiger partial charge >= 0.3 is 5.97 Å². The zero-order chi connectivity index (χ0) is 44.1. The van der Waals surface area contributed by atoms with Crippen LogP contribution in [0.5, 0.6) is 0 Å². The van der Waals surface area contributed by atoms with Crippen molar-refractivity contribution in [3.8, 4) is 0 Å². The van der Waals surface area contributed by atoms with Crippen molar-refractivity contribution in [3.63, 3.8) is 0 Å². The molecule has 0 bridgehead atoms. The normalized spacial score (nSPS) is 53.8. The molecule has 6 fully saturated rings. The summed E-state index contributed by atoms with van der Waals surface area (Å²) in [5, 5.41) is 109. The molecule has 60 heavy (non-hydrogen) atoms. The van der Waals surface area contributed by atoms with E-state index in [1.165, 1.54) is 12.5 Å². The fourth-order valence-electron chi connectivity index (χ4n) is 14.0. The average Bonchev–Trinajstić information content (AvgIpc) is 3.19. The Labute approximate surface area is 352 Å². The summed E-state index contributed by atoms with van der Waals surface area (Å²) in [6, 6.07) is 0. The molecular formula is C44H72O16. The van der Waals surface area contributed by atoms with E-state index in [2.05, 4.69) is 33.8 Å². The summed E-state index contributed by atoms with van der Waals surface area (Å²) in [5.74, 6) is -0.267. The van der Waals surface area contributed by atoms with Crippen LogP contribution in [0.3, 0.4) is 0 Å². The molecule has 0 aromatic carbocycles. The maximum atomic E-state index is 12.5. The van der Waals surface area contributed by atoms with Gasteiger partial charge in [0, 0.05) is 17.8 Å². The fraction of sp³-hybridized carbons (Fsp3) is 0.932. The van der Waals surface area contributed by atoms with Gasteiger partial charge in [0.25, 0.3) is 0 Å². The van der Waals surface area contributed by atoms with E-state index < -0.39 is 115 Å². The van der Waals surface area contributed by atoms with Crippen LogP contribution in [0.2, 0.25) is 0 Å². The van der Waals surface area contributed by atoms with Gasteiger partial charge in [-0.05, 0) is 90.8 Å². The van der Waals surface area contributed by atoms with Crippen LogP contribution >= 0.6 is 0 Å². The van der Waals surface area contributed by atoms with Crippen molar-refractivity contribution in [2.75, 3.05) is 26.4 Å². The Morgan fingerprint density at radius 2 is 1.37 bits per heavy atom. The third kappa shape index (κ3) is 6.97. The first-order valence-electron chi connectivity index (χ1n) is 22.0. The van der Waals surface area contributed by atoms with Gasteiger partial charge < -0.3 is 74.7 Å². The smallest absolute Gasteiger partial charge is 0.302 e. The highest BCUT2D eigenvalue weighted by atomic mass is 16.8. The number of carbonyl (C=O) groups excluding carboxylic acids is 1. The van der Waals surface area contributed by atoms with Gasteiger partial charge in [-0.25, -0.2) is 0 Å². The minimum atomic E-state index is -1.82. The summed E-state index contributed by atoms with van der Waals surface area (Å²) in [6.45, 7) is 12.9. The van der Waals surface area contributed by atoms with Crippen molar-refractivity contribution in [2.24, 2.45) is 50.2 Å². The van der Waals surface area contributed by atoms with Crippen molar-refractivity contribution in [1.82, 2.24) is 0 Å². The number of aliphatic hydroxyl groups is 10. The molecule has 0 aromatic rings. The first kappa shape index (κ1) is 46.6. The van der Waals surface area contributed by atoms with E-state index in [4.69, 9.17) is 23.7 Å². The summed E-state index contributed by atoms with van der Waals surface area (Å²) in [4.78, 5) is 12.0. The fourth-order valence-corrected chi connectivity index (χ4v) is 14.0. The Morgan fingerprint density at radius 1 is 0.733 bits per heavy atom. The number of carbonyl (C=O) groups is 1. The number of hydrogen-bond acceptors (Lipinski definition) is 16. The summed E-state index contributed by atoms with van der Waals surface area (Å²) in [5.41, 5.74) is -1.91. The molecule has 7 rings (SSSR count).